The molecule has 0 aliphatic rings. The number of aryl methyl sites for hydroxylation is 1. The molecule has 0 bridgehead atoms. The van der Waals surface area contributed by atoms with Crippen molar-refractivity contribution in [3.05, 3.63) is 87.9 Å². The molecular weight excluding hydrogens is 337 g/mol. The van der Waals surface area contributed by atoms with Crippen LogP contribution >= 0.6 is 11.3 Å². The van der Waals surface area contributed by atoms with Crippen molar-refractivity contribution in [1.82, 2.24) is 5.32 Å². The van der Waals surface area contributed by atoms with Crippen LogP contribution < -0.4 is 10.1 Å². The molecule has 0 aliphatic heterocycles. The fourth-order valence-corrected chi connectivity index (χ4v) is 3.29. The fraction of sp³-hybridized carbons (Fsp3) is 0.150. The van der Waals surface area contributed by atoms with E-state index in [4.69, 9.17) is 4.74 Å². The highest BCUT2D eigenvalue weighted by atomic mass is 32.1. The van der Waals surface area contributed by atoms with Crippen LogP contribution in [0.4, 0.5) is 4.39 Å². The van der Waals surface area contributed by atoms with Crippen molar-refractivity contribution >= 4 is 17.2 Å². The molecule has 0 aliphatic carbocycles. The highest BCUT2D eigenvalue weighted by Gasteiger charge is 2.18. The number of carbonyl (C=O) groups excluding carboxylic acids is 1. The highest BCUT2D eigenvalue weighted by molar-refractivity contribution is 7.10. The minimum atomic E-state index is -0.325. The Hall–Kier alpha value is -2.66. The van der Waals surface area contributed by atoms with Crippen LogP contribution in [0.1, 0.15) is 22.0 Å². The van der Waals surface area contributed by atoms with E-state index in [1.807, 2.05) is 48.7 Å². The molecule has 0 saturated carbocycles. The first-order valence-electron chi connectivity index (χ1n) is 7.89. The summed E-state index contributed by atoms with van der Waals surface area (Å²) in [5.41, 5.74) is 1.90. The topological polar surface area (TPSA) is 38.3 Å². The van der Waals surface area contributed by atoms with Gasteiger partial charge in [-0.3, -0.25) is 4.79 Å². The van der Waals surface area contributed by atoms with Gasteiger partial charge in [0.15, 0.2) is 6.61 Å². The average molecular weight is 355 g/mol. The molecular formula is C20H18FNO2S. The molecule has 1 amide bonds. The van der Waals surface area contributed by atoms with Crippen molar-refractivity contribution in [3.8, 4) is 5.75 Å². The van der Waals surface area contributed by atoms with E-state index in [1.165, 1.54) is 23.5 Å². The molecule has 0 fully saturated rings. The molecule has 1 atom stereocenters. The van der Waals surface area contributed by atoms with E-state index in [9.17, 15) is 9.18 Å². The Morgan fingerprint density at radius 2 is 1.96 bits per heavy atom. The van der Waals surface area contributed by atoms with E-state index in [1.54, 1.807) is 12.1 Å². The third kappa shape index (κ3) is 4.67. The highest BCUT2D eigenvalue weighted by Crippen LogP contribution is 2.26. The minimum Gasteiger partial charge on any atom is -0.484 e. The van der Waals surface area contributed by atoms with Gasteiger partial charge >= 0.3 is 0 Å². The second-order valence-electron chi connectivity index (χ2n) is 5.67. The van der Waals surface area contributed by atoms with Crippen LogP contribution in [0.3, 0.4) is 0 Å². The summed E-state index contributed by atoms with van der Waals surface area (Å²) in [4.78, 5) is 13.3. The van der Waals surface area contributed by atoms with Gasteiger partial charge in [-0.1, -0.05) is 30.3 Å². The first-order valence-corrected chi connectivity index (χ1v) is 8.77. The van der Waals surface area contributed by atoms with Gasteiger partial charge in [-0.15, -0.1) is 11.3 Å². The van der Waals surface area contributed by atoms with E-state index in [0.29, 0.717) is 5.75 Å². The Labute approximate surface area is 150 Å². The summed E-state index contributed by atoms with van der Waals surface area (Å²) < 4.78 is 18.7. The summed E-state index contributed by atoms with van der Waals surface area (Å²) in [5.74, 6) is 0.122. The molecule has 0 unspecified atom stereocenters. The van der Waals surface area contributed by atoms with E-state index < -0.39 is 0 Å². The Bertz CT molecular complexity index is 831. The van der Waals surface area contributed by atoms with Gasteiger partial charge in [0.2, 0.25) is 0 Å². The van der Waals surface area contributed by atoms with Gasteiger partial charge in [0.25, 0.3) is 5.91 Å². The summed E-state index contributed by atoms with van der Waals surface area (Å²) in [6.07, 6.45) is 0. The largest absolute Gasteiger partial charge is 0.484 e. The minimum absolute atomic E-state index is 0.0769. The zero-order valence-corrected chi connectivity index (χ0v) is 14.6. The molecule has 3 aromatic rings. The van der Waals surface area contributed by atoms with Gasteiger partial charge in [-0.2, -0.15) is 0 Å². The second kappa shape index (κ2) is 7.94. The molecule has 1 heterocycles. The Morgan fingerprint density at radius 3 is 2.64 bits per heavy atom. The normalized spacial score (nSPS) is 11.8. The van der Waals surface area contributed by atoms with Crippen molar-refractivity contribution in [2.45, 2.75) is 13.0 Å². The van der Waals surface area contributed by atoms with Crippen LogP contribution in [0.15, 0.2) is 66.0 Å². The molecule has 25 heavy (non-hydrogen) atoms. The molecule has 1 N–H and O–H groups in total. The quantitative estimate of drug-likeness (QED) is 0.708. The molecule has 0 saturated heterocycles. The van der Waals surface area contributed by atoms with Crippen LogP contribution in [0.5, 0.6) is 5.75 Å². The number of ether oxygens (including phenoxy) is 1. The van der Waals surface area contributed by atoms with Crippen LogP contribution in [-0.4, -0.2) is 12.5 Å². The summed E-state index contributed by atoms with van der Waals surface area (Å²) >= 11 is 1.54. The molecule has 3 rings (SSSR count). The monoisotopic (exact) mass is 355 g/mol. The lowest BCUT2D eigenvalue weighted by molar-refractivity contribution is -0.123. The standard InChI is InChI=1S/C20H18FNO2S/c1-14-4-2-5-17(12-14)24-13-19(23)22-20(18-6-3-11-25-18)15-7-9-16(21)10-8-15/h2-12,20H,13H2,1H3,(H,22,23)/t20-/m0/s1. The van der Waals surface area contributed by atoms with Gasteiger partial charge in [0, 0.05) is 4.88 Å². The number of rotatable bonds is 6. The maximum Gasteiger partial charge on any atom is 0.258 e. The molecule has 128 valence electrons. The number of halogens is 1. The number of nitrogens with one attached hydrogen (secondary N) is 1. The van der Waals surface area contributed by atoms with Crippen molar-refractivity contribution < 1.29 is 13.9 Å². The zero-order chi connectivity index (χ0) is 17.6. The number of amides is 1. The van der Waals surface area contributed by atoms with Crippen LogP contribution in [-0.2, 0) is 4.79 Å². The summed E-state index contributed by atoms with van der Waals surface area (Å²) in [6, 6.07) is 17.2. The predicted molar refractivity (Wildman–Crippen MR) is 97.4 cm³/mol. The lowest BCUT2D eigenvalue weighted by Gasteiger charge is -2.18. The van der Waals surface area contributed by atoms with Crippen molar-refractivity contribution in [3.63, 3.8) is 0 Å². The fourth-order valence-electron chi connectivity index (χ4n) is 2.49. The van der Waals surface area contributed by atoms with Crippen LogP contribution in [0.25, 0.3) is 0 Å². The molecule has 3 nitrogen and oxygen atoms in total. The average Bonchev–Trinajstić information content (AvgIpc) is 3.13. The van der Waals surface area contributed by atoms with E-state index in [0.717, 1.165) is 16.0 Å². The van der Waals surface area contributed by atoms with Crippen LogP contribution in [0, 0.1) is 12.7 Å². The molecule has 5 heteroatoms. The Kier molecular flexibility index (Phi) is 5.46. The smallest absolute Gasteiger partial charge is 0.258 e. The maximum atomic E-state index is 13.2. The summed E-state index contributed by atoms with van der Waals surface area (Å²) in [7, 11) is 0. The lowest BCUT2D eigenvalue weighted by Crippen LogP contribution is -2.32. The van der Waals surface area contributed by atoms with Gasteiger partial charge < -0.3 is 10.1 Å². The summed E-state index contributed by atoms with van der Waals surface area (Å²) in [5, 5.41) is 4.91. The molecule has 1 aromatic heterocycles. The van der Waals surface area contributed by atoms with Crippen LogP contribution in [0.2, 0.25) is 0 Å². The first-order chi connectivity index (χ1) is 12.1. The first kappa shape index (κ1) is 17.2. The third-order valence-corrected chi connectivity index (χ3v) is 4.63. The number of benzene rings is 2. The van der Waals surface area contributed by atoms with Gasteiger partial charge in [-0.05, 0) is 53.8 Å². The zero-order valence-electron chi connectivity index (χ0n) is 13.7. The Balaban J connectivity index is 1.69. The summed E-state index contributed by atoms with van der Waals surface area (Å²) in [6.45, 7) is 1.89. The number of hydrogen-bond donors (Lipinski definition) is 1. The second-order valence-corrected chi connectivity index (χ2v) is 6.65. The predicted octanol–water partition coefficient (Wildman–Crippen LogP) is 4.48. The molecule has 0 spiro atoms. The number of thiophene rings is 1. The van der Waals surface area contributed by atoms with Crippen molar-refractivity contribution in [2.75, 3.05) is 6.61 Å². The van der Waals surface area contributed by atoms with Gasteiger partial charge in [0.1, 0.15) is 11.6 Å². The van der Waals surface area contributed by atoms with E-state index >= 15 is 0 Å². The third-order valence-electron chi connectivity index (χ3n) is 3.70. The van der Waals surface area contributed by atoms with Gasteiger partial charge in [0.05, 0.1) is 6.04 Å². The SMILES string of the molecule is Cc1cccc(OCC(=O)N[C@@H](c2ccc(F)cc2)c2cccs2)c1. The van der Waals surface area contributed by atoms with Crippen molar-refractivity contribution in [2.24, 2.45) is 0 Å². The lowest BCUT2D eigenvalue weighted by atomic mass is 10.1. The maximum absolute atomic E-state index is 13.2. The van der Waals surface area contributed by atoms with Crippen molar-refractivity contribution in [1.29, 1.82) is 0 Å². The Morgan fingerprint density at radius 1 is 1.16 bits per heavy atom. The number of hydrogen-bond acceptors (Lipinski definition) is 3. The van der Waals surface area contributed by atoms with E-state index in [-0.39, 0.29) is 24.4 Å². The number of carbonyl (C=O) groups is 1. The van der Waals surface area contributed by atoms with Gasteiger partial charge in [-0.25, -0.2) is 4.39 Å². The molecule has 2 aromatic carbocycles. The molecule has 0 radical (unpaired) electrons. The van der Waals surface area contributed by atoms with E-state index in [2.05, 4.69) is 5.32 Å².